The lowest BCUT2D eigenvalue weighted by Gasteiger charge is -2.09. The van der Waals surface area contributed by atoms with Crippen molar-refractivity contribution in [1.82, 2.24) is 9.78 Å². The first-order chi connectivity index (χ1) is 15.9. The molecule has 0 saturated carbocycles. The van der Waals surface area contributed by atoms with Crippen molar-refractivity contribution < 1.29 is 18.3 Å². The van der Waals surface area contributed by atoms with E-state index < -0.39 is 0 Å². The van der Waals surface area contributed by atoms with Crippen LogP contribution in [-0.2, 0) is 19.4 Å². The van der Waals surface area contributed by atoms with Crippen molar-refractivity contribution in [1.29, 1.82) is 0 Å². The number of nitrogens with zero attached hydrogens (tertiary/aromatic N) is 2. The molecule has 0 saturated heterocycles. The SMILES string of the molecule is COc1ccc(NC(=O)c2oc3c(c2C)-c2nn(Cc4c(F)cccc4Cl)cc2CC3)cc1. The molecule has 6 nitrogen and oxygen atoms in total. The van der Waals surface area contributed by atoms with Gasteiger partial charge in [0.05, 0.1) is 19.3 Å². The summed E-state index contributed by atoms with van der Waals surface area (Å²) < 4.78 is 27.1. The normalized spacial score (nSPS) is 12.2. The number of furan rings is 1. The Morgan fingerprint density at radius 3 is 2.76 bits per heavy atom. The van der Waals surface area contributed by atoms with Gasteiger partial charge in [-0.1, -0.05) is 17.7 Å². The Hall–Kier alpha value is -3.58. The number of carbonyl (C=O) groups is 1. The molecule has 1 aliphatic carbocycles. The van der Waals surface area contributed by atoms with Gasteiger partial charge in [0.25, 0.3) is 5.91 Å². The van der Waals surface area contributed by atoms with Gasteiger partial charge in [-0.05, 0) is 55.3 Å². The van der Waals surface area contributed by atoms with E-state index in [1.807, 2.05) is 13.1 Å². The number of aryl methyl sites for hydroxylation is 2. The molecule has 2 aromatic carbocycles. The maximum absolute atomic E-state index is 14.2. The molecule has 1 aliphatic rings. The first-order valence-electron chi connectivity index (χ1n) is 10.5. The minimum Gasteiger partial charge on any atom is -0.497 e. The van der Waals surface area contributed by atoms with Crippen LogP contribution in [0.5, 0.6) is 5.75 Å². The summed E-state index contributed by atoms with van der Waals surface area (Å²) in [5.74, 6) is 1.00. The van der Waals surface area contributed by atoms with Crippen molar-refractivity contribution in [3.63, 3.8) is 0 Å². The summed E-state index contributed by atoms with van der Waals surface area (Å²) in [6.45, 7) is 2.07. The fourth-order valence-electron chi connectivity index (χ4n) is 4.17. The van der Waals surface area contributed by atoms with Gasteiger partial charge >= 0.3 is 0 Å². The van der Waals surface area contributed by atoms with Gasteiger partial charge in [-0.25, -0.2) is 4.39 Å². The van der Waals surface area contributed by atoms with E-state index in [0.717, 1.165) is 34.6 Å². The van der Waals surface area contributed by atoms with Crippen molar-refractivity contribution in [2.45, 2.75) is 26.3 Å². The number of halogens is 2. The number of hydrogen-bond donors (Lipinski definition) is 1. The number of benzene rings is 2. The third kappa shape index (κ3) is 3.89. The molecule has 4 aromatic rings. The van der Waals surface area contributed by atoms with Gasteiger partial charge in [0, 0.05) is 40.0 Å². The Labute approximate surface area is 194 Å². The molecule has 1 amide bonds. The van der Waals surface area contributed by atoms with Crippen molar-refractivity contribution in [2.24, 2.45) is 0 Å². The fourth-order valence-corrected chi connectivity index (χ4v) is 4.39. The number of methoxy groups -OCH3 is 1. The van der Waals surface area contributed by atoms with Crippen LogP contribution in [0.15, 0.2) is 53.1 Å². The summed E-state index contributed by atoms with van der Waals surface area (Å²) in [7, 11) is 1.59. The summed E-state index contributed by atoms with van der Waals surface area (Å²) >= 11 is 6.19. The molecule has 2 heterocycles. The van der Waals surface area contributed by atoms with Gasteiger partial charge in [0.1, 0.15) is 17.3 Å². The maximum atomic E-state index is 14.2. The van der Waals surface area contributed by atoms with Gasteiger partial charge in [-0.15, -0.1) is 0 Å². The number of fused-ring (bicyclic) bond motifs is 3. The highest BCUT2D eigenvalue weighted by molar-refractivity contribution is 6.31. The van der Waals surface area contributed by atoms with Gasteiger partial charge in [0.15, 0.2) is 5.76 Å². The van der Waals surface area contributed by atoms with E-state index in [1.54, 1.807) is 48.2 Å². The second kappa shape index (κ2) is 8.41. The zero-order chi connectivity index (χ0) is 23.1. The predicted molar refractivity (Wildman–Crippen MR) is 124 cm³/mol. The number of nitrogens with one attached hydrogen (secondary N) is 1. The van der Waals surface area contributed by atoms with E-state index in [-0.39, 0.29) is 24.0 Å². The standard InChI is InChI=1S/C25H21ClFN3O3/c1-14-22-21(33-24(14)25(31)28-16-7-9-17(32-2)10-8-16)11-6-15-12-30(29-23(15)22)13-18-19(26)4-3-5-20(18)27/h3-5,7-10,12H,6,11,13H2,1-2H3,(H,28,31). The van der Waals surface area contributed by atoms with E-state index >= 15 is 0 Å². The minimum atomic E-state index is -0.367. The molecular formula is C25H21ClFN3O3. The number of aromatic nitrogens is 2. The van der Waals surface area contributed by atoms with Crippen LogP contribution in [0, 0.1) is 12.7 Å². The molecule has 168 valence electrons. The van der Waals surface area contributed by atoms with E-state index in [1.165, 1.54) is 6.07 Å². The topological polar surface area (TPSA) is 69.3 Å². The summed E-state index contributed by atoms with van der Waals surface area (Å²) in [4.78, 5) is 12.9. The van der Waals surface area contributed by atoms with E-state index in [0.29, 0.717) is 28.4 Å². The number of rotatable bonds is 5. The second-order valence-corrected chi connectivity index (χ2v) is 8.34. The lowest BCUT2D eigenvalue weighted by molar-refractivity contribution is 0.0994. The van der Waals surface area contributed by atoms with Gasteiger partial charge in [0.2, 0.25) is 0 Å². The van der Waals surface area contributed by atoms with Gasteiger partial charge in [-0.2, -0.15) is 5.10 Å². The largest absolute Gasteiger partial charge is 0.497 e. The van der Waals surface area contributed by atoms with E-state index in [4.69, 9.17) is 25.9 Å². The number of anilines is 1. The first-order valence-corrected chi connectivity index (χ1v) is 10.9. The third-order valence-corrected chi connectivity index (χ3v) is 6.21. The Kier molecular flexibility index (Phi) is 5.42. The molecule has 2 aromatic heterocycles. The smallest absolute Gasteiger partial charge is 0.291 e. The molecule has 8 heteroatoms. The van der Waals surface area contributed by atoms with Crippen LogP contribution in [0.1, 0.15) is 33.0 Å². The van der Waals surface area contributed by atoms with E-state index in [9.17, 15) is 9.18 Å². The average Bonchev–Trinajstić information content (AvgIpc) is 3.37. The molecule has 0 bridgehead atoms. The van der Waals surface area contributed by atoms with Crippen LogP contribution < -0.4 is 10.1 Å². The number of carbonyl (C=O) groups excluding carboxylic acids is 1. The fraction of sp³-hybridized carbons (Fsp3) is 0.200. The van der Waals surface area contributed by atoms with Crippen LogP contribution in [0.25, 0.3) is 11.3 Å². The van der Waals surface area contributed by atoms with Crippen LogP contribution in [0.2, 0.25) is 5.02 Å². The molecule has 0 fully saturated rings. The Morgan fingerprint density at radius 1 is 1.24 bits per heavy atom. The predicted octanol–water partition coefficient (Wildman–Crippen LogP) is 5.65. The molecule has 0 unspecified atom stereocenters. The Balaban J connectivity index is 1.43. The molecule has 5 rings (SSSR count). The van der Waals surface area contributed by atoms with E-state index in [2.05, 4.69) is 5.32 Å². The van der Waals surface area contributed by atoms with Crippen LogP contribution in [0.3, 0.4) is 0 Å². The molecular weight excluding hydrogens is 445 g/mol. The van der Waals surface area contributed by atoms with Gasteiger partial charge in [-0.3, -0.25) is 9.48 Å². The highest BCUT2D eigenvalue weighted by atomic mass is 35.5. The summed E-state index contributed by atoms with van der Waals surface area (Å²) in [5.41, 5.74) is 4.37. The lowest BCUT2D eigenvalue weighted by atomic mass is 9.93. The summed E-state index contributed by atoms with van der Waals surface area (Å²) in [6, 6.07) is 11.7. The summed E-state index contributed by atoms with van der Waals surface area (Å²) in [5, 5.41) is 7.92. The van der Waals surface area contributed by atoms with Crippen LogP contribution >= 0.6 is 11.6 Å². The molecule has 0 spiro atoms. The monoisotopic (exact) mass is 465 g/mol. The molecule has 0 atom stereocenters. The van der Waals surface area contributed by atoms with Crippen molar-refractivity contribution in [3.05, 3.63) is 87.7 Å². The molecule has 33 heavy (non-hydrogen) atoms. The number of ether oxygens (including phenoxy) is 1. The maximum Gasteiger partial charge on any atom is 0.291 e. The third-order valence-electron chi connectivity index (χ3n) is 5.85. The number of amides is 1. The average molecular weight is 466 g/mol. The second-order valence-electron chi connectivity index (χ2n) is 7.94. The first kappa shape index (κ1) is 21.3. The Morgan fingerprint density at radius 2 is 2.03 bits per heavy atom. The van der Waals surface area contributed by atoms with Crippen molar-refractivity contribution in [3.8, 4) is 17.0 Å². The minimum absolute atomic E-state index is 0.218. The van der Waals surface area contributed by atoms with Crippen LogP contribution in [-0.4, -0.2) is 22.8 Å². The molecule has 0 aliphatic heterocycles. The van der Waals surface area contributed by atoms with Gasteiger partial charge < -0.3 is 14.5 Å². The number of hydrogen-bond acceptors (Lipinski definition) is 4. The highest BCUT2D eigenvalue weighted by Gasteiger charge is 2.30. The van der Waals surface area contributed by atoms with Crippen molar-refractivity contribution in [2.75, 3.05) is 12.4 Å². The lowest BCUT2D eigenvalue weighted by Crippen LogP contribution is -2.12. The molecule has 1 N–H and O–H groups in total. The zero-order valence-corrected chi connectivity index (χ0v) is 18.9. The molecule has 0 radical (unpaired) electrons. The van der Waals surface area contributed by atoms with Crippen molar-refractivity contribution >= 4 is 23.2 Å². The summed E-state index contributed by atoms with van der Waals surface area (Å²) in [6.07, 6.45) is 3.29. The zero-order valence-electron chi connectivity index (χ0n) is 18.1. The highest BCUT2D eigenvalue weighted by Crippen LogP contribution is 2.38. The Bertz CT molecular complexity index is 1340. The van der Waals surface area contributed by atoms with Crippen LogP contribution in [0.4, 0.5) is 10.1 Å². The quantitative estimate of drug-likeness (QED) is 0.413.